The second-order valence-electron chi connectivity index (χ2n) is 15.3. The van der Waals surface area contributed by atoms with Gasteiger partial charge in [0.25, 0.3) is 0 Å². The molecule has 0 heterocycles. The topological polar surface area (TPSA) is 20.2 Å². The standard InChI is InChI=1S/C31H52O/c1-20(2)21-12-15-27(5)18-19-30(8)24(31(21,27)9)11-10-23-28(6)16-14-25(32)26(3,4)22(28)13-17-29(23,30)7/h21-25,32H,1,10-19H2,2-9H3/t21-,22-,23+,24-,25-,27+,28-,29+,30+,31-/m0/s1. The van der Waals surface area contributed by atoms with Crippen LogP contribution >= 0.6 is 0 Å². The number of hydrogen-bond acceptors (Lipinski definition) is 1. The molecule has 32 heavy (non-hydrogen) atoms. The summed E-state index contributed by atoms with van der Waals surface area (Å²) in [4.78, 5) is 0. The maximum atomic E-state index is 10.9. The summed E-state index contributed by atoms with van der Waals surface area (Å²) in [6.45, 7) is 25.1. The van der Waals surface area contributed by atoms with Crippen LogP contribution in [0, 0.1) is 56.2 Å². The van der Waals surface area contributed by atoms with Crippen molar-refractivity contribution in [3.63, 3.8) is 0 Å². The Morgan fingerprint density at radius 2 is 1.31 bits per heavy atom. The molecule has 0 radical (unpaired) electrons. The first kappa shape index (κ1) is 23.4. The molecule has 5 saturated carbocycles. The highest BCUT2D eigenvalue weighted by atomic mass is 16.3. The molecule has 0 spiro atoms. The van der Waals surface area contributed by atoms with Crippen molar-refractivity contribution in [3.8, 4) is 0 Å². The molecule has 0 saturated heterocycles. The molecule has 5 aliphatic carbocycles. The molecule has 5 aliphatic rings. The molecular weight excluding hydrogens is 388 g/mol. The molecule has 5 fully saturated rings. The van der Waals surface area contributed by atoms with Crippen LogP contribution in [0.4, 0.5) is 0 Å². The van der Waals surface area contributed by atoms with Gasteiger partial charge >= 0.3 is 0 Å². The Morgan fingerprint density at radius 3 is 1.97 bits per heavy atom. The van der Waals surface area contributed by atoms with Gasteiger partial charge in [0.05, 0.1) is 6.10 Å². The van der Waals surface area contributed by atoms with Crippen molar-refractivity contribution < 1.29 is 5.11 Å². The Labute approximate surface area is 199 Å². The van der Waals surface area contributed by atoms with Crippen LogP contribution in [-0.4, -0.2) is 11.2 Å². The van der Waals surface area contributed by atoms with Gasteiger partial charge in [-0.2, -0.15) is 0 Å². The summed E-state index contributed by atoms with van der Waals surface area (Å²) in [5.74, 6) is 2.99. The van der Waals surface area contributed by atoms with Gasteiger partial charge in [0.15, 0.2) is 0 Å². The van der Waals surface area contributed by atoms with Crippen molar-refractivity contribution in [2.75, 3.05) is 0 Å². The molecule has 0 amide bonds. The first-order chi connectivity index (χ1) is 14.7. The molecule has 0 unspecified atom stereocenters. The fourth-order valence-corrected chi connectivity index (χ4v) is 12.1. The van der Waals surface area contributed by atoms with Crippen LogP contribution in [-0.2, 0) is 0 Å². The lowest BCUT2D eigenvalue weighted by molar-refractivity contribution is -0.262. The second kappa shape index (κ2) is 6.67. The van der Waals surface area contributed by atoms with E-state index >= 15 is 0 Å². The Hall–Kier alpha value is -0.300. The van der Waals surface area contributed by atoms with Crippen molar-refractivity contribution in [1.29, 1.82) is 0 Å². The third kappa shape index (κ3) is 2.46. The number of hydrogen-bond donors (Lipinski definition) is 1. The fraction of sp³-hybridized carbons (Fsp3) is 0.935. The highest BCUT2D eigenvalue weighted by molar-refractivity contribution is 5.24. The van der Waals surface area contributed by atoms with Crippen molar-refractivity contribution in [1.82, 2.24) is 0 Å². The highest BCUT2D eigenvalue weighted by Gasteiger charge is 2.73. The second-order valence-corrected chi connectivity index (χ2v) is 15.3. The number of allylic oxidation sites excluding steroid dienone is 1. The zero-order valence-corrected chi connectivity index (χ0v) is 22.6. The van der Waals surface area contributed by atoms with E-state index < -0.39 is 0 Å². The van der Waals surface area contributed by atoms with Crippen LogP contribution in [0.1, 0.15) is 120 Å². The van der Waals surface area contributed by atoms with E-state index in [4.69, 9.17) is 0 Å². The lowest BCUT2D eigenvalue weighted by Crippen LogP contribution is -2.68. The molecular formula is C31H52O. The maximum absolute atomic E-state index is 10.9. The molecule has 1 heteroatoms. The smallest absolute Gasteiger partial charge is 0.0594 e. The van der Waals surface area contributed by atoms with Crippen LogP contribution in [0.25, 0.3) is 0 Å². The third-order valence-corrected chi connectivity index (χ3v) is 14.4. The van der Waals surface area contributed by atoms with Gasteiger partial charge in [-0.15, -0.1) is 0 Å². The van der Waals surface area contributed by atoms with E-state index in [1.165, 1.54) is 63.4 Å². The zero-order chi connectivity index (χ0) is 23.5. The molecule has 0 aliphatic heterocycles. The minimum atomic E-state index is -0.124. The summed E-state index contributed by atoms with van der Waals surface area (Å²) in [5.41, 5.74) is 3.63. The van der Waals surface area contributed by atoms with Gasteiger partial charge in [0, 0.05) is 0 Å². The molecule has 0 aromatic carbocycles. The van der Waals surface area contributed by atoms with Crippen LogP contribution in [0.15, 0.2) is 12.2 Å². The fourth-order valence-electron chi connectivity index (χ4n) is 12.1. The number of aliphatic hydroxyl groups is 1. The normalized spacial score (nSPS) is 58.8. The maximum Gasteiger partial charge on any atom is 0.0594 e. The summed E-state index contributed by atoms with van der Waals surface area (Å²) < 4.78 is 0. The first-order valence-corrected chi connectivity index (χ1v) is 14.0. The first-order valence-electron chi connectivity index (χ1n) is 14.0. The lowest BCUT2D eigenvalue weighted by atomic mass is 9.30. The van der Waals surface area contributed by atoms with Crippen molar-refractivity contribution in [3.05, 3.63) is 12.2 Å². The average molecular weight is 441 g/mol. The summed E-state index contributed by atoms with van der Waals surface area (Å²) in [7, 11) is 0. The van der Waals surface area contributed by atoms with Gasteiger partial charge in [-0.1, -0.05) is 60.6 Å². The predicted molar refractivity (Wildman–Crippen MR) is 135 cm³/mol. The molecule has 5 rings (SSSR count). The SMILES string of the molecule is C=C(C)[C@@H]1CC[C@]2(C)CC[C@]3(C)[C@H](CC[C@@H]4[C@@]5(C)CC[C@H](O)C(C)(C)[C@@H]5CC[C@]43C)[C@]12C. The summed E-state index contributed by atoms with van der Waals surface area (Å²) in [6.07, 6.45) is 13.2. The van der Waals surface area contributed by atoms with Gasteiger partial charge in [0.1, 0.15) is 0 Å². The van der Waals surface area contributed by atoms with Gasteiger partial charge in [-0.3, -0.25) is 0 Å². The van der Waals surface area contributed by atoms with E-state index in [-0.39, 0.29) is 11.5 Å². The molecule has 0 aromatic rings. The molecule has 10 atom stereocenters. The largest absolute Gasteiger partial charge is 0.393 e. The average Bonchev–Trinajstić information content (AvgIpc) is 2.98. The third-order valence-electron chi connectivity index (χ3n) is 14.4. The lowest BCUT2D eigenvalue weighted by Gasteiger charge is -2.74. The molecule has 0 bridgehead atoms. The van der Waals surface area contributed by atoms with E-state index in [0.29, 0.717) is 38.9 Å². The minimum Gasteiger partial charge on any atom is -0.393 e. The predicted octanol–water partition coefficient (Wildman–Crippen LogP) is 8.41. The zero-order valence-electron chi connectivity index (χ0n) is 22.6. The van der Waals surface area contributed by atoms with E-state index in [1.54, 1.807) is 0 Å². The van der Waals surface area contributed by atoms with Crippen LogP contribution in [0.5, 0.6) is 0 Å². The van der Waals surface area contributed by atoms with Gasteiger partial charge in [-0.25, -0.2) is 0 Å². The summed E-state index contributed by atoms with van der Waals surface area (Å²) in [6, 6.07) is 0. The Bertz CT molecular complexity index is 811. The Balaban J connectivity index is 1.58. The Morgan fingerprint density at radius 1 is 0.688 bits per heavy atom. The van der Waals surface area contributed by atoms with Gasteiger partial charge < -0.3 is 5.11 Å². The monoisotopic (exact) mass is 440 g/mol. The molecule has 1 nitrogen and oxygen atoms in total. The summed E-state index contributed by atoms with van der Waals surface area (Å²) >= 11 is 0. The van der Waals surface area contributed by atoms with Crippen LogP contribution in [0.3, 0.4) is 0 Å². The number of aliphatic hydroxyl groups excluding tert-OH is 1. The van der Waals surface area contributed by atoms with E-state index in [0.717, 1.165) is 18.3 Å². The minimum absolute atomic E-state index is 0.0553. The summed E-state index contributed by atoms with van der Waals surface area (Å²) in [5, 5.41) is 10.9. The van der Waals surface area contributed by atoms with E-state index in [2.05, 4.69) is 62.0 Å². The molecule has 0 aromatic heterocycles. The number of fused-ring (bicyclic) bond motifs is 7. The molecule has 182 valence electrons. The van der Waals surface area contributed by atoms with Crippen LogP contribution in [0.2, 0.25) is 0 Å². The number of rotatable bonds is 1. The van der Waals surface area contributed by atoms with Gasteiger partial charge in [0.2, 0.25) is 0 Å². The highest BCUT2D eigenvalue weighted by Crippen LogP contribution is 2.80. The van der Waals surface area contributed by atoms with Gasteiger partial charge in [-0.05, 0) is 127 Å². The van der Waals surface area contributed by atoms with E-state index in [9.17, 15) is 5.11 Å². The van der Waals surface area contributed by atoms with Crippen LogP contribution < -0.4 is 0 Å². The molecule has 1 N–H and O–H groups in total. The van der Waals surface area contributed by atoms with E-state index in [1.807, 2.05) is 0 Å². The van der Waals surface area contributed by atoms with Crippen molar-refractivity contribution in [2.24, 2.45) is 56.2 Å². The Kier molecular flexibility index (Phi) is 4.89. The van der Waals surface area contributed by atoms with Crippen molar-refractivity contribution >= 4 is 0 Å². The van der Waals surface area contributed by atoms with Crippen molar-refractivity contribution in [2.45, 2.75) is 126 Å². The quantitative estimate of drug-likeness (QED) is 0.406.